The minimum Gasteiger partial charge on any atom is -0.465 e. The first-order chi connectivity index (χ1) is 15.9. The predicted molar refractivity (Wildman–Crippen MR) is 118 cm³/mol. The van der Waals surface area contributed by atoms with Gasteiger partial charge in [-0.25, -0.2) is 4.79 Å². The van der Waals surface area contributed by atoms with Crippen molar-refractivity contribution < 1.29 is 19.4 Å². The lowest BCUT2D eigenvalue weighted by Crippen LogP contribution is -2.21. The van der Waals surface area contributed by atoms with Crippen LogP contribution in [0.4, 0.5) is 17.1 Å². The molecule has 11 heteroatoms. The van der Waals surface area contributed by atoms with Gasteiger partial charge in [-0.05, 0) is 24.8 Å². The van der Waals surface area contributed by atoms with Crippen molar-refractivity contribution in [1.29, 1.82) is 0 Å². The number of methoxy groups -OCH3 is 1. The number of hydrogen-bond acceptors (Lipinski definition) is 8. The van der Waals surface area contributed by atoms with Crippen molar-refractivity contribution in [2.45, 2.75) is 31.8 Å². The summed E-state index contributed by atoms with van der Waals surface area (Å²) in [4.78, 5) is 33.8. The fourth-order valence-corrected chi connectivity index (χ4v) is 4.12. The van der Waals surface area contributed by atoms with Gasteiger partial charge in [0.1, 0.15) is 5.69 Å². The van der Waals surface area contributed by atoms with E-state index in [1.54, 1.807) is 6.20 Å². The molecule has 0 radical (unpaired) electrons. The first-order valence-electron chi connectivity index (χ1n) is 10.3. The highest BCUT2D eigenvalue weighted by atomic mass is 16.6. The van der Waals surface area contributed by atoms with E-state index in [0.717, 1.165) is 48.9 Å². The van der Waals surface area contributed by atoms with Crippen molar-refractivity contribution in [3.8, 4) is 0 Å². The van der Waals surface area contributed by atoms with E-state index < -0.39 is 27.2 Å². The summed E-state index contributed by atoms with van der Waals surface area (Å²) in [5.74, 6) is -0.903. The molecule has 1 aliphatic carbocycles. The van der Waals surface area contributed by atoms with Crippen LogP contribution in [0.2, 0.25) is 0 Å². The Morgan fingerprint density at radius 2 is 1.97 bits per heavy atom. The number of rotatable bonds is 7. The molecular formula is C22H21N5O6. The maximum absolute atomic E-state index is 12.4. The van der Waals surface area contributed by atoms with Gasteiger partial charge in [-0.1, -0.05) is 30.3 Å². The molecule has 0 saturated heterocycles. The molecule has 4 rings (SSSR count). The van der Waals surface area contributed by atoms with E-state index in [1.807, 2.05) is 35.0 Å². The average molecular weight is 451 g/mol. The maximum Gasteiger partial charge on any atom is 0.340 e. The van der Waals surface area contributed by atoms with Gasteiger partial charge in [-0.3, -0.25) is 24.9 Å². The number of non-ortho nitro benzene ring substituents is 1. The highest BCUT2D eigenvalue weighted by molar-refractivity contribution is 5.99. The van der Waals surface area contributed by atoms with Crippen LogP contribution < -0.4 is 5.32 Å². The summed E-state index contributed by atoms with van der Waals surface area (Å²) in [6.45, 7) is 0.591. The number of nitro benzene ring substituents is 2. The largest absolute Gasteiger partial charge is 0.465 e. The summed E-state index contributed by atoms with van der Waals surface area (Å²) in [5, 5.41) is 30.6. The number of esters is 1. The lowest BCUT2D eigenvalue weighted by molar-refractivity contribution is -0.393. The van der Waals surface area contributed by atoms with E-state index in [2.05, 4.69) is 10.4 Å². The molecule has 170 valence electrons. The fourth-order valence-electron chi connectivity index (χ4n) is 4.12. The zero-order valence-corrected chi connectivity index (χ0v) is 17.8. The molecule has 0 bridgehead atoms. The Labute approximate surface area is 188 Å². The quantitative estimate of drug-likeness (QED) is 0.322. The third-order valence-electron chi connectivity index (χ3n) is 5.67. The minimum absolute atomic E-state index is 0.105. The van der Waals surface area contributed by atoms with Crippen LogP contribution in [0, 0.1) is 20.2 Å². The summed E-state index contributed by atoms with van der Waals surface area (Å²) in [7, 11) is 1.11. The van der Waals surface area contributed by atoms with E-state index in [-0.39, 0.29) is 17.3 Å². The van der Waals surface area contributed by atoms with E-state index in [4.69, 9.17) is 4.74 Å². The van der Waals surface area contributed by atoms with E-state index in [0.29, 0.717) is 13.0 Å². The standard InChI is InChI=1S/C22H21N5O6/c1-33-22(28)16-10-15(26(29)30)11-20(27(31)32)21(16)24-18-8-5-9-19-17(18)12-23-25(19)13-14-6-3-2-4-7-14/h2-4,6-7,10-12,18,24H,5,8-9,13H2,1H3. The molecule has 1 heterocycles. The van der Waals surface area contributed by atoms with Crippen LogP contribution in [0.25, 0.3) is 0 Å². The summed E-state index contributed by atoms with van der Waals surface area (Å²) in [6.07, 6.45) is 3.98. The summed E-state index contributed by atoms with van der Waals surface area (Å²) in [6, 6.07) is 11.3. The number of carbonyl (C=O) groups excluding carboxylic acids is 1. The molecule has 1 unspecified atom stereocenters. The van der Waals surface area contributed by atoms with Crippen molar-refractivity contribution in [2.24, 2.45) is 0 Å². The number of nitro groups is 2. The van der Waals surface area contributed by atoms with Gasteiger partial charge in [0.2, 0.25) is 0 Å². The fraction of sp³-hybridized carbons (Fsp3) is 0.273. The lowest BCUT2D eigenvalue weighted by Gasteiger charge is -2.25. The van der Waals surface area contributed by atoms with Crippen LogP contribution in [0.15, 0.2) is 48.7 Å². The zero-order chi connectivity index (χ0) is 23.5. The van der Waals surface area contributed by atoms with Crippen LogP contribution in [0.1, 0.15) is 46.1 Å². The second-order valence-corrected chi connectivity index (χ2v) is 7.67. The molecule has 2 aromatic carbocycles. The molecule has 0 spiro atoms. The monoisotopic (exact) mass is 451 g/mol. The molecular weight excluding hydrogens is 430 g/mol. The van der Waals surface area contributed by atoms with Crippen molar-refractivity contribution in [1.82, 2.24) is 9.78 Å². The third kappa shape index (κ3) is 4.38. The summed E-state index contributed by atoms with van der Waals surface area (Å²) < 4.78 is 6.64. The summed E-state index contributed by atoms with van der Waals surface area (Å²) in [5.41, 5.74) is 1.49. The average Bonchev–Trinajstić information content (AvgIpc) is 3.22. The summed E-state index contributed by atoms with van der Waals surface area (Å²) >= 11 is 0. The van der Waals surface area contributed by atoms with Gasteiger partial charge in [0.15, 0.2) is 0 Å². The Balaban J connectivity index is 1.72. The minimum atomic E-state index is -0.903. The van der Waals surface area contributed by atoms with Gasteiger partial charge in [-0.15, -0.1) is 0 Å². The first kappa shape index (κ1) is 21.9. The molecule has 0 fully saturated rings. The Morgan fingerprint density at radius 3 is 2.64 bits per heavy atom. The van der Waals surface area contributed by atoms with Gasteiger partial charge in [0, 0.05) is 17.3 Å². The Hall–Kier alpha value is -4.28. The van der Waals surface area contributed by atoms with Crippen LogP contribution in [-0.4, -0.2) is 32.7 Å². The first-order valence-corrected chi connectivity index (χ1v) is 10.3. The number of fused-ring (bicyclic) bond motifs is 1. The number of carbonyl (C=O) groups is 1. The van der Waals surface area contributed by atoms with Gasteiger partial charge < -0.3 is 10.1 Å². The zero-order valence-electron chi connectivity index (χ0n) is 17.8. The van der Waals surface area contributed by atoms with Gasteiger partial charge in [0.05, 0.1) is 47.4 Å². The number of nitrogens with zero attached hydrogens (tertiary/aromatic N) is 4. The molecule has 1 aromatic heterocycles. The van der Waals surface area contributed by atoms with Crippen LogP contribution in [0.5, 0.6) is 0 Å². The van der Waals surface area contributed by atoms with Crippen molar-refractivity contribution >= 4 is 23.0 Å². The molecule has 33 heavy (non-hydrogen) atoms. The van der Waals surface area contributed by atoms with Gasteiger partial charge in [0.25, 0.3) is 11.4 Å². The molecule has 1 aliphatic rings. The van der Waals surface area contributed by atoms with Crippen LogP contribution in [-0.2, 0) is 17.7 Å². The maximum atomic E-state index is 12.4. The Morgan fingerprint density at radius 1 is 1.21 bits per heavy atom. The molecule has 0 amide bonds. The highest BCUT2D eigenvalue weighted by Crippen LogP contribution is 2.39. The van der Waals surface area contributed by atoms with Crippen molar-refractivity contribution in [2.75, 3.05) is 12.4 Å². The smallest absolute Gasteiger partial charge is 0.340 e. The SMILES string of the molecule is COC(=O)c1cc([N+](=O)[O-])cc([N+](=O)[O-])c1NC1CCCc2c1cnn2Cc1ccccc1. The van der Waals surface area contributed by atoms with Gasteiger partial charge >= 0.3 is 5.97 Å². The number of aromatic nitrogens is 2. The number of nitrogens with one attached hydrogen (secondary N) is 1. The van der Waals surface area contributed by atoms with Crippen LogP contribution in [0.3, 0.4) is 0 Å². The molecule has 0 aliphatic heterocycles. The number of ether oxygens (including phenoxy) is 1. The van der Waals surface area contributed by atoms with Crippen molar-refractivity contribution in [3.05, 3.63) is 91.3 Å². The van der Waals surface area contributed by atoms with Crippen molar-refractivity contribution in [3.63, 3.8) is 0 Å². The topological polar surface area (TPSA) is 142 Å². The number of hydrogen-bond donors (Lipinski definition) is 1. The van der Waals surface area contributed by atoms with E-state index in [9.17, 15) is 25.0 Å². The highest BCUT2D eigenvalue weighted by Gasteiger charge is 2.32. The lowest BCUT2D eigenvalue weighted by atomic mass is 9.92. The predicted octanol–water partition coefficient (Wildman–Crippen LogP) is 4.02. The van der Waals surface area contributed by atoms with E-state index >= 15 is 0 Å². The Kier molecular flexibility index (Phi) is 6.03. The molecule has 0 saturated carbocycles. The second-order valence-electron chi connectivity index (χ2n) is 7.67. The third-order valence-corrected chi connectivity index (χ3v) is 5.67. The number of benzene rings is 2. The molecule has 1 N–H and O–H groups in total. The van der Waals surface area contributed by atoms with Gasteiger partial charge in [-0.2, -0.15) is 5.10 Å². The normalized spacial score (nSPS) is 14.9. The van der Waals surface area contributed by atoms with Crippen LogP contribution >= 0.6 is 0 Å². The molecule has 3 aromatic rings. The Bertz CT molecular complexity index is 1220. The molecule has 11 nitrogen and oxygen atoms in total. The number of anilines is 1. The van der Waals surface area contributed by atoms with E-state index in [1.165, 1.54) is 0 Å². The molecule has 1 atom stereocenters. The second kappa shape index (κ2) is 9.07.